The lowest BCUT2D eigenvalue weighted by atomic mass is 10.1. The van der Waals surface area contributed by atoms with E-state index in [1.54, 1.807) is 24.6 Å². The van der Waals surface area contributed by atoms with Gasteiger partial charge in [-0.15, -0.1) is 11.3 Å². The van der Waals surface area contributed by atoms with Crippen LogP contribution in [0, 0.1) is 0 Å². The fourth-order valence-electron chi connectivity index (χ4n) is 2.96. The van der Waals surface area contributed by atoms with Crippen LogP contribution >= 0.6 is 11.3 Å². The molecule has 5 nitrogen and oxygen atoms in total. The van der Waals surface area contributed by atoms with Gasteiger partial charge in [0.2, 0.25) is 0 Å². The molecule has 0 aliphatic carbocycles. The van der Waals surface area contributed by atoms with E-state index < -0.39 is 5.63 Å². The zero-order valence-corrected chi connectivity index (χ0v) is 16.0. The number of nitrogens with zero attached hydrogens (tertiary/aromatic N) is 1. The number of hydrogen-bond donors (Lipinski definition) is 0. The number of benzene rings is 2. The average molecular weight is 391 g/mol. The second-order valence-electron chi connectivity index (χ2n) is 6.35. The predicted octanol–water partition coefficient (Wildman–Crippen LogP) is 4.28. The highest BCUT2D eigenvalue weighted by atomic mass is 32.1. The summed E-state index contributed by atoms with van der Waals surface area (Å²) in [6.45, 7) is 0. The molecule has 0 N–H and O–H groups in total. The Hall–Kier alpha value is -3.25. The first-order valence-corrected chi connectivity index (χ1v) is 9.62. The Morgan fingerprint density at radius 2 is 1.89 bits per heavy atom. The molecule has 6 heteroatoms. The third-order valence-corrected chi connectivity index (χ3v) is 5.23. The second-order valence-corrected chi connectivity index (χ2v) is 7.29. The summed E-state index contributed by atoms with van der Waals surface area (Å²) in [5.74, 6) is 0.826. The minimum Gasteiger partial charge on any atom is -0.497 e. The lowest BCUT2D eigenvalue weighted by molar-refractivity contribution is -0.117. The van der Waals surface area contributed by atoms with E-state index in [0.717, 1.165) is 16.7 Å². The number of thiazole rings is 1. The maximum absolute atomic E-state index is 12.4. The molecule has 0 radical (unpaired) electrons. The number of fused-ring (bicyclic) bond motifs is 1. The van der Waals surface area contributed by atoms with E-state index >= 15 is 0 Å². The van der Waals surface area contributed by atoms with E-state index in [2.05, 4.69) is 4.98 Å². The molecule has 0 aliphatic rings. The molecule has 0 fully saturated rings. The smallest absolute Gasteiger partial charge is 0.345 e. The normalized spacial score (nSPS) is 10.9. The van der Waals surface area contributed by atoms with Crippen LogP contribution in [-0.4, -0.2) is 17.9 Å². The summed E-state index contributed by atoms with van der Waals surface area (Å²) < 4.78 is 10.5. The van der Waals surface area contributed by atoms with Gasteiger partial charge in [0.1, 0.15) is 22.1 Å². The minimum atomic E-state index is -0.430. The summed E-state index contributed by atoms with van der Waals surface area (Å²) in [6.07, 6.45) is 0.562. The third kappa shape index (κ3) is 3.87. The Morgan fingerprint density at radius 1 is 1.11 bits per heavy atom. The molecular formula is C22H17NO4S. The third-order valence-electron chi connectivity index (χ3n) is 4.38. The first-order chi connectivity index (χ1) is 13.6. The second kappa shape index (κ2) is 7.78. The SMILES string of the molecule is COc1ccc(CC(=O)Cc2nc(-c3cc4ccccc4oc3=O)cs2)cc1. The standard InChI is InChI=1S/C22H17NO4S/c1-26-17-8-6-14(7-9-17)10-16(24)12-21-23-19(13-28-21)18-11-15-4-2-3-5-20(15)27-22(18)25/h2-9,11,13H,10,12H2,1H3. The number of ketones is 1. The lowest BCUT2D eigenvalue weighted by Crippen LogP contribution is -2.07. The number of hydrogen-bond acceptors (Lipinski definition) is 6. The highest BCUT2D eigenvalue weighted by Gasteiger charge is 2.14. The van der Waals surface area contributed by atoms with Crippen LogP contribution in [0.4, 0.5) is 0 Å². The zero-order valence-electron chi connectivity index (χ0n) is 15.2. The van der Waals surface area contributed by atoms with Crippen LogP contribution in [0.5, 0.6) is 5.75 Å². The van der Waals surface area contributed by atoms with Crippen LogP contribution < -0.4 is 10.4 Å². The molecule has 0 atom stereocenters. The summed E-state index contributed by atoms with van der Waals surface area (Å²) in [4.78, 5) is 29.1. The van der Waals surface area contributed by atoms with E-state index in [-0.39, 0.29) is 12.2 Å². The molecule has 140 valence electrons. The molecule has 0 aliphatic heterocycles. The van der Waals surface area contributed by atoms with Crippen molar-refractivity contribution in [2.24, 2.45) is 0 Å². The van der Waals surface area contributed by atoms with Crippen molar-refractivity contribution in [3.05, 3.63) is 81.0 Å². The number of ether oxygens (including phenoxy) is 1. The number of para-hydroxylation sites is 1. The van der Waals surface area contributed by atoms with Crippen LogP contribution in [0.15, 0.2) is 69.2 Å². The zero-order chi connectivity index (χ0) is 19.5. The van der Waals surface area contributed by atoms with E-state index in [9.17, 15) is 9.59 Å². The molecule has 0 bridgehead atoms. The summed E-state index contributed by atoms with van der Waals surface area (Å²) >= 11 is 1.37. The van der Waals surface area contributed by atoms with E-state index in [0.29, 0.717) is 28.3 Å². The Labute approximate surface area is 165 Å². The first-order valence-electron chi connectivity index (χ1n) is 8.74. The van der Waals surface area contributed by atoms with Gasteiger partial charge in [-0.1, -0.05) is 30.3 Å². The molecule has 0 saturated heterocycles. The number of carbonyl (C=O) groups excluding carboxylic acids is 1. The molecule has 4 rings (SSSR count). The van der Waals surface area contributed by atoms with Gasteiger partial charge in [-0.2, -0.15) is 0 Å². The largest absolute Gasteiger partial charge is 0.497 e. The van der Waals surface area contributed by atoms with Crippen LogP contribution in [0.2, 0.25) is 0 Å². The molecule has 2 aromatic heterocycles. The average Bonchev–Trinajstić information content (AvgIpc) is 3.16. The van der Waals surface area contributed by atoms with Crippen molar-refractivity contribution in [2.75, 3.05) is 7.11 Å². The first kappa shape index (κ1) is 18.1. The van der Waals surface area contributed by atoms with Gasteiger partial charge < -0.3 is 9.15 Å². The molecule has 4 aromatic rings. The molecule has 0 spiro atoms. The van der Waals surface area contributed by atoms with Gasteiger partial charge >= 0.3 is 5.63 Å². The van der Waals surface area contributed by atoms with E-state index in [1.807, 2.05) is 42.5 Å². The lowest BCUT2D eigenvalue weighted by Gasteiger charge is -2.02. The van der Waals surface area contributed by atoms with E-state index in [1.165, 1.54) is 11.3 Å². The van der Waals surface area contributed by atoms with Crippen molar-refractivity contribution < 1.29 is 13.9 Å². The van der Waals surface area contributed by atoms with Gasteiger partial charge in [0.15, 0.2) is 0 Å². The molecule has 0 saturated carbocycles. The van der Waals surface area contributed by atoms with Crippen LogP contribution in [-0.2, 0) is 17.6 Å². The van der Waals surface area contributed by atoms with Gasteiger partial charge in [-0.05, 0) is 29.8 Å². The molecule has 0 unspecified atom stereocenters. The summed E-state index contributed by atoms with van der Waals surface area (Å²) in [6, 6.07) is 16.6. The highest BCUT2D eigenvalue weighted by molar-refractivity contribution is 7.10. The molecule has 2 aromatic carbocycles. The summed E-state index contributed by atoms with van der Waals surface area (Å²) in [5, 5.41) is 3.31. The van der Waals surface area contributed by atoms with Crippen molar-refractivity contribution in [1.82, 2.24) is 4.98 Å². The minimum absolute atomic E-state index is 0.0663. The van der Waals surface area contributed by atoms with Gasteiger partial charge in [-0.25, -0.2) is 9.78 Å². The van der Waals surface area contributed by atoms with Gasteiger partial charge in [0, 0.05) is 17.2 Å². The fraction of sp³-hybridized carbons (Fsp3) is 0.136. The van der Waals surface area contributed by atoms with Gasteiger partial charge in [0.25, 0.3) is 0 Å². The van der Waals surface area contributed by atoms with Crippen molar-refractivity contribution in [1.29, 1.82) is 0 Å². The molecule has 0 amide bonds. The Morgan fingerprint density at radius 3 is 2.68 bits per heavy atom. The number of methoxy groups -OCH3 is 1. The van der Waals surface area contributed by atoms with E-state index in [4.69, 9.17) is 9.15 Å². The number of aromatic nitrogens is 1. The summed E-state index contributed by atoms with van der Waals surface area (Å²) in [5.41, 5.74) is 1.99. The quantitative estimate of drug-likeness (QED) is 0.459. The van der Waals surface area contributed by atoms with Gasteiger partial charge in [0.05, 0.1) is 24.8 Å². The molecule has 2 heterocycles. The number of carbonyl (C=O) groups is 1. The fourth-order valence-corrected chi connectivity index (χ4v) is 3.78. The molecular weight excluding hydrogens is 374 g/mol. The van der Waals surface area contributed by atoms with Crippen LogP contribution in [0.3, 0.4) is 0 Å². The maximum Gasteiger partial charge on any atom is 0.345 e. The van der Waals surface area contributed by atoms with Crippen molar-refractivity contribution in [2.45, 2.75) is 12.8 Å². The maximum atomic E-state index is 12.4. The van der Waals surface area contributed by atoms with Crippen molar-refractivity contribution in [3.8, 4) is 17.0 Å². The van der Waals surface area contributed by atoms with Crippen molar-refractivity contribution in [3.63, 3.8) is 0 Å². The van der Waals surface area contributed by atoms with Crippen LogP contribution in [0.1, 0.15) is 10.6 Å². The Kier molecular flexibility index (Phi) is 5.04. The molecule has 28 heavy (non-hydrogen) atoms. The monoisotopic (exact) mass is 391 g/mol. The number of rotatable bonds is 6. The predicted molar refractivity (Wildman–Crippen MR) is 109 cm³/mol. The Balaban J connectivity index is 1.50. The Bertz CT molecular complexity index is 1190. The van der Waals surface area contributed by atoms with Gasteiger partial charge in [-0.3, -0.25) is 4.79 Å². The number of Topliss-reactive ketones (excluding diaryl/α,β-unsaturated/α-hetero) is 1. The summed E-state index contributed by atoms with van der Waals surface area (Å²) in [7, 11) is 1.61. The van der Waals surface area contributed by atoms with Crippen LogP contribution in [0.25, 0.3) is 22.2 Å². The highest BCUT2D eigenvalue weighted by Crippen LogP contribution is 2.23. The topological polar surface area (TPSA) is 69.4 Å². The van der Waals surface area contributed by atoms with Crippen molar-refractivity contribution >= 4 is 28.1 Å².